The minimum atomic E-state index is 0.0337. The van der Waals surface area contributed by atoms with E-state index in [9.17, 15) is 4.79 Å². The molecule has 0 aromatic heterocycles. The highest BCUT2D eigenvalue weighted by Gasteiger charge is 2.59. The van der Waals surface area contributed by atoms with E-state index in [-0.39, 0.29) is 12.1 Å². The number of nitrogens with zero attached hydrogens (tertiary/aromatic N) is 1. The zero-order chi connectivity index (χ0) is 26.9. The molecule has 8 atom stereocenters. The second-order valence-corrected chi connectivity index (χ2v) is 15.3. The third kappa shape index (κ3) is 5.80. The molecule has 3 heteroatoms. The standard InChI is InChI=1S/C35H59NO2/c1-25(2)10-9-11-26(3)30-14-15-31-29-13-12-27-24-28(38-33(37)18-23-36-21-7-6-8-22-36)16-19-34(27,4)32(29)17-20-35(30,31)5/h12,25-26,28-32H,6-11,13-24H2,1-5H3/t26-,28-,29-,30+,31+,32+,34-,35+/m0/s1. The second-order valence-electron chi connectivity index (χ2n) is 15.3. The van der Waals surface area contributed by atoms with Crippen LogP contribution in [0.15, 0.2) is 11.6 Å². The molecule has 0 bridgehead atoms. The third-order valence-corrected chi connectivity index (χ3v) is 12.6. The van der Waals surface area contributed by atoms with Crippen molar-refractivity contribution in [3.8, 4) is 0 Å². The number of piperidine rings is 1. The number of ether oxygens (including phenoxy) is 1. The number of rotatable bonds is 9. The maximum Gasteiger partial charge on any atom is 0.307 e. The van der Waals surface area contributed by atoms with Gasteiger partial charge in [0.1, 0.15) is 6.10 Å². The molecule has 0 spiro atoms. The Labute approximate surface area is 234 Å². The number of esters is 1. The SMILES string of the molecule is CC(C)CCC[C@H](C)[C@H]1CC[C@@H]2[C@@H]3CC=C4C[C@@H](OC(=O)CCN5CCCCC5)CC[C@]4(C)[C@@H]3CC[C@@]21C. The van der Waals surface area contributed by atoms with Crippen LogP contribution in [-0.2, 0) is 9.53 Å². The lowest BCUT2D eigenvalue weighted by molar-refractivity contribution is -0.152. The summed E-state index contributed by atoms with van der Waals surface area (Å²) in [4.78, 5) is 15.1. The Morgan fingerprint density at radius 1 is 1.00 bits per heavy atom. The zero-order valence-electron chi connectivity index (χ0n) is 25.6. The third-order valence-electron chi connectivity index (χ3n) is 12.6. The first kappa shape index (κ1) is 28.7. The molecule has 3 nitrogen and oxygen atoms in total. The number of allylic oxidation sites excluding steroid dienone is 1. The van der Waals surface area contributed by atoms with Crippen molar-refractivity contribution in [1.82, 2.24) is 4.90 Å². The van der Waals surface area contributed by atoms with E-state index in [0.29, 0.717) is 17.3 Å². The molecule has 216 valence electrons. The molecule has 0 amide bonds. The summed E-state index contributed by atoms with van der Waals surface area (Å²) < 4.78 is 6.08. The average molecular weight is 526 g/mol. The summed E-state index contributed by atoms with van der Waals surface area (Å²) >= 11 is 0. The normalized spacial score (nSPS) is 40.2. The van der Waals surface area contributed by atoms with E-state index in [4.69, 9.17) is 4.74 Å². The smallest absolute Gasteiger partial charge is 0.307 e. The van der Waals surface area contributed by atoms with Crippen LogP contribution in [0.2, 0.25) is 0 Å². The van der Waals surface area contributed by atoms with E-state index >= 15 is 0 Å². The van der Waals surface area contributed by atoms with Gasteiger partial charge in [0, 0.05) is 13.0 Å². The van der Waals surface area contributed by atoms with Crippen LogP contribution in [0.25, 0.3) is 0 Å². The van der Waals surface area contributed by atoms with E-state index in [2.05, 4.69) is 45.6 Å². The van der Waals surface area contributed by atoms with Crippen LogP contribution in [0.4, 0.5) is 0 Å². The van der Waals surface area contributed by atoms with Crippen molar-refractivity contribution in [1.29, 1.82) is 0 Å². The highest BCUT2D eigenvalue weighted by molar-refractivity contribution is 5.69. The summed E-state index contributed by atoms with van der Waals surface area (Å²) in [7, 11) is 0. The van der Waals surface area contributed by atoms with E-state index in [1.807, 2.05) is 0 Å². The quantitative estimate of drug-likeness (QED) is 0.222. The number of fused-ring (bicyclic) bond motifs is 5. The highest BCUT2D eigenvalue weighted by Crippen LogP contribution is 2.67. The van der Waals surface area contributed by atoms with Crippen molar-refractivity contribution in [2.75, 3.05) is 19.6 Å². The topological polar surface area (TPSA) is 29.5 Å². The van der Waals surface area contributed by atoms with Gasteiger partial charge in [-0.05, 0) is 117 Å². The van der Waals surface area contributed by atoms with Gasteiger partial charge >= 0.3 is 5.97 Å². The lowest BCUT2D eigenvalue weighted by atomic mass is 9.47. The largest absolute Gasteiger partial charge is 0.462 e. The highest BCUT2D eigenvalue weighted by atomic mass is 16.5. The molecule has 4 aliphatic carbocycles. The molecule has 5 rings (SSSR count). The lowest BCUT2D eigenvalue weighted by Crippen LogP contribution is -2.51. The van der Waals surface area contributed by atoms with Crippen LogP contribution in [0, 0.1) is 46.3 Å². The fourth-order valence-corrected chi connectivity index (χ4v) is 10.4. The predicted octanol–water partition coefficient (Wildman–Crippen LogP) is 8.82. The van der Waals surface area contributed by atoms with E-state index < -0.39 is 0 Å². The summed E-state index contributed by atoms with van der Waals surface area (Å²) in [6.07, 6.45) is 21.8. The van der Waals surface area contributed by atoms with Gasteiger partial charge in [0.25, 0.3) is 0 Å². The summed E-state index contributed by atoms with van der Waals surface area (Å²) in [6, 6.07) is 0. The molecule has 1 saturated heterocycles. The molecule has 0 radical (unpaired) electrons. The van der Waals surface area contributed by atoms with Crippen LogP contribution in [0.5, 0.6) is 0 Å². The Morgan fingerprint density at radius 2 is 1.79 bits per heavy atom. The van der Waals surface area contributed by atoms with Gasteiger partial charge in [-0.3, -0.25) is 4.79 Å². The predicted molar refractivity (Wildman–Crippen MR) is 158 cm³/mol. The Bertz CT molecular complexity index is 843. The van der Waals surface area contributed by atoms with E-state index in [1.165, 1.54) is 77.0 Å². The van der Waals surface area contributed by atoms with Crippen molar-refractivity contribution in [2.24, 2.45) is 46.3 Å². The maximum atomic E-state index is 12.7. The van der Waals surface area contributed by atoms with Crippen LogP contribution < -0.4 is 0 Å². The van der Waals surface area contributed by atoms with Crippen LogP contribution in [-0.4, -0.2) is 36.6 Å². The first-order valence-electron chi connectivity index (χ1n) is 16.8. The Hall–Kier alpha value is -0.830. The van der Waals surface area contributed by atoms with Gasteiger partial charge in [-0.1, -0.05) is 72.0 Å². The Morgan fingerprint density at radius 3 is 2.55 bits per heavy atom. The number of hydrogen-bond acceptors (Lipinski definition) is 3. The molecule has 0 aromatic rings. The summed E-state index contributed by atoms with van der Waals surface area (Å²) in [6.45, 7) is 15.8. The van der Waals surface area contributed by atoms with E-state index in [1.54, 1.807) is 5.57 Å². The van der Waals surface area contributed by atoms with E-state index in [0.717, 1.165) is 68.0 Å². The minimum Gasteiger partial charge on any atom is -0.462 e. The van der Waals surface area contributed by atoms with Crippen LogP contribution >= 0.6 is 0 Å². The van der Waals surface area contributed by atoms with Crippen molar-refractivity contribution < 1.29 is 9.53 Å². The average Bonchev–Trinajstić information content (AvgIpc) is 3.25. The maximum absolute atomic E-state index is 12.7. The number of carbonyl (C=O) groups is 1. The molecule has 0 aromatic carbocycles. The van der Waals surface area contributed by atoms with Gasteiger partial charge in [-0.15, -0.1) is 0 Å². The molecule has 3 saturated carbocycles. The molecule has 38 heavy (non-hydrogen) atoms. The van der Waals surface area contributed by atoms with Gasteiger partial charge in [0.2, 0.25) is 0 Å². The number of carbonyl (C=O) groups excluding carboxylic acids is 1. The van der Waals surface area contributed by atoms with Gasteiger partial charge in [0.05, 0.1) is 6.42 Å². The fourth-order valence-electron chi connectivity index (χ4n) is 10.4. The molecule has 1 aliphatic heterocycles. The van der Waals surface area contributed by atoms with Crippen molar-refractivity contribution in [3.05, 3.63) is 11.6 Å². The van der Waals surface area contributed by atoms with Gasteiger partial charge in [-0.2, -0.15) is 0 Å². The molecule has 0 unspecified atom stereocenters. The molecular weight excluding hydrogens is 466 g/mol. The summed E-state index contributed by atoms with van der Waals surface area (Å²) in [5, 5.41) is 0. The first-order chi connectivity index (χ1) is 18.2. The molecule has 1 heterocycles. The lowest BCUT2D eigenvalue weighted by Gasteiger charge is -2.58. The van der Waals surface area contributed by atoms with Gasteiger partial charge in [-0.25, -0.2) is 0 Å². The molecule has 4 fully saturated rings. The van der Waals surface area contributed by atoms with Crippen molar-refractivity contribution in [2.45, 2.75) is 137 Å². The zero-order valence-corrected chi connectivity index (χ0v) is 25.6. The number of likely N-dealkylation sites (tertiary alicyclic amines) is 1. The molecular formula is C35H59NO2. The summed E-state index contributed by atoms with van der Waals surface area (Å²) in [5.74, 6) is 5.31. The molecule has 5 aliphatic rings. The van der Waals surface area contributed by atoms with Crippen molar-refractivity contribution >= 4 is 5.97 Å². The first-order valence-corrected chi connectivity index (χ1v) is 16.8. The van der Waals surface area contributed by atoms with Crippen molar-refractivity contribution in [3.63, 3.8) is 0 Å². The van der Waals surface area contributed by atoms with Gasteiger partial charge < -0.3 is 9.64 Å². The second kappa shape index (κ2) is 12.0. The monoisotopic (exact) mass is 525 g/mol. The Kier molecular flexibility index (Phi) is 9.03. The van der Waals surface area contributed by atoms with Crippen LogP contribution in [0.1, 0.15) is 131 Å². The minimum absolute atomic E-state index is 0.0337. The van der Waals surface area contributed by atoms with Gasteiger partial charge in [0.15, 0.2) is 0 Å². The fraction of sp³-hybridized carbons (Fsp3) is 0.914. The molecule has 0 N–H and O–H groups in total. The number of hydrogen-bond donors (Lipinski definition) is 0. The van der Waals surface area contributed by atoms with Crippen LogP contribution in [0.3, 0.4) is 0 Å². The Balaban J connectivity index is 1.17. The summed E-state index contributed by atoms with van der Waals surface area (Å²) in [5.41, 5.74) is 2.53.